The SMILES string of the molecule is COc1cc(C(=O)N2CCN(C)c3ccccc3C2)ccc1OCc1cscn1. The summed E-state index contributed by atoms with van der Waals surface area (Å²) in [6, 6.07) is 13.5. The molecule has 0 radical (unpaired) electrons. The van der Waals surface area contributed by atoms with E-state index in [1.165, 1.54) is 17.0 Å². The first-order chi connectivity index (χ1) is 14.2. The molecule has 29 heavy (non-hydrogen) atoms. The highest BCUT2D eigenvalue weighted by Crippen LogP contribution is 2.30. The van der Waals surface area contributed by atoms with Gasteiger partial charge in [0.1, 0.15) is 6.61 Å². The third-order valence-corrected chi connectivity index (χ3v) is 5.66. The van der Waals surface area contributed by atoms with E-state index in [-0.39, 0.29) is 5.91 Å². The van der Waals surface area contributed by atoms with E-state index in [9.17, 15) is 4.79 Å². The second-order valence-electron chi connectivity index (χ2n) is 6.91. The number of anilines is 1. The van der Waals surface area contributed by atoms with E-state index in [4.69, 9.17) is 9.47 Å². The van der Waals surface area contributed by atoms with Crippen molar-refractivity contribution in [3.63, 3.8) is 0 Å². The van der Waals surface area contributed by atoms with Crippen LogP contribution in [0.3, 0.4) is 0 Å². The van der Waals surface area contributed by atoms with Crippen molar-refractivity contribution in [2.75, 3.05) is 32.1 Å². The number of carbonyl (C=O) groups is 1. The second-order valence-corrected chi connectivity index (χ2v) is 7.63. The Kier molecular flexibility index (Phi) is 5.67. The van der Waals surface area contributed by atoms with Crippen LogP contribution < -0.4 is 14.4 Å². The fourth-order valence-corrected chi connectivity index (χ4v) is 3.97. The zero-order valence-electron chi connectivity index (χ0n) is 16.5. The van der Waals surface area contributed by atoms with Crippen LogP contribution in [0, 0.1) is 0 Å². The van der Waals surface area contributed by atoms with Crippen molar-refractivity contribution in [1.82, 2.24) is 9.88 Å². The molecule has 3 aromatic rings. The zero-order valence-corrected chi connectivity index (χ0v) is 17.3. The summed E-state index contributed by atoms with van der Waals surface area (Å²) in [6.07, 6.45) is 0. The molecule has 0 saturated heterocycles. The first-order valence-corrected chi connectivity index (χ1v) is 10.4. The Hall–Kier alpha value is -3.06. The predicted molar refractivity (Wildman–Crippen MR) is 114 cm³/mol. The van der Waals surface area contributed by atoms with Crippen molar-refractivity contribution in [3.05, 3.63) is 70.2 Å². The summed E-state index contributed by atoms with van der Waals surface area (Å²) in [5.41, 5.74) is 5.55. The van der Waals surface area contributed by atoms with Gasteiger partial charge in [-0.15, -0.1) is 11.3 Å². The van der Waals surface area contributed by atoms with Gasteiger partial charge >= 0.3 is 0 Å². The summed E-state index contributed by atoms with van der Waals surface area (Å²) in [5.74, 6) is 1.12. The van der Waals surface area contributed by atoms with Gasteiger partial charge in [0.05, 0.1) is 18.3 Å². The van der Waals surface area contributed by atoms with E-state index < -0.39 is 0 Å². The Morgan fingerprint density at radius 2 is 2.03 bits per heavy atom. The number of aromatic nitrogens is 1. The fraction of sp³-hybridized carbons (Fsp3) is 0.273. The first kappa shape index (κ1) is 19.3. The largest absolute Gasteiger partial charge is 0.493 e. The molecule has 0 aliphatic carbocycles. The number of methoxy groups -OCH3 is 1. The summed E-state index contributed by atoms with van der Waals surface area (Å²) >= 11 is 1.53. The third kappa shape index (κ3) is 4.19. The van der Waals surface area contributed by atoms with Gasteiger partial charge in [-0.3, -0.25) is 4.79 Å². The molecule has 0 bridgehead atoms. The van der Waals surface area contributed by atoms with E-state index in [0.717, 1.165) is 17.8 Å². The van der Waals surface area contributed by atoms with Gasteiger partial charge in [-0.2, -0.15) is 0 Å². The summed E-state index contributed by atoms with van der Waals surface area (Å²) in [6.45, 7) is 2.40. The molecule has 0 saturated carbocycles. The summed E-state index contributed by atoms with van der Waals surface area (Å²) in [7, 11) is 3.64. The van der Waals surface area contributed by atoms with Crippen LogP contribution in [0.5, 0.6) is 11.5 Å². The van der Waals surface area contributed by atoms with Crippen molar-refractivity contribution < 1.29 is 14.3 Å². The number of likely N-dealkylation sites (N-methyl/N-ethyl adjacent to an activating group) is 1. The average molecular weight is 410 g/mol. The molecule has 0 spiro atoms. The lowest BCUT2D eigenvalue weighted by Crippen LogP contribution is -2.34. The molecule has 0 fully saturated rings. The number of rotatable bonds is 5. The third-order valence-electron chi connectivity index (χ3n) is 5.03. The number of hydrogen-bond donors (Lipinski definition) is 0. The maximum atomic E-state index is 13.2. The minimum Gasteiger partial charge on any atom is -0.493 e. The molecule has 1 aliphatic rings. The highest BCUT2D eigenvalue weighted by atomic mass is 32.1. The van der Waals surface area contributed by atoms with E-state index >= 15 is 0 Å². The Labute approximate surface area is 174 Å². The van der Waals surface area contributed by atoms with Crippen LogP contribution in [0.4, 0.5) is 5.69 Å². The maximum Gasteiger partial charge on any atom is 0.254 e. The number of hydrogen-bond acceptors (Lipinski definition) is 6. The molecular formula is C22H23N3O3S. The van der Waals surface area contributed by atoms with Crippen molar-refractivity contribution in [1.29, 1.82) is 0 Å². The molecule has 1 amide bonds. The maximum absolute atomic E-state index is 13.2. The van der Waals surface area contributed by atoms with Gasteiger partial charge in [-0.25, -0.2) is 4.98 Å². The van der Waals surface area contributed by atoms with Crippen molar-refractivity contribution in [2.24, 2.45) is 0 Å². The highest BCUT2D eigenvalue weighted by Gasteiger charge is 2.23. The van der Waals surface area contributed by atoms with Crippen molar-refractivity contribution in [2.45, 2.75) is 13.2 Å². The number of nitrogens with zero attached hydrogens (tertiary/aromatic N) is 3. The van der Waals surface area contributed by atoms with E-state index in [2.05, 4.69) is 29.1 Å². The first-order valence-electron chi connectivity index (χ1n) is 9.42. The average Bonchev–Trinajstić information content (AvgIpc) is 3.22. The lowest BCUT2D eigenvalue weighted by molar-refractivity contribution is 0.0751. The smallest absolute Gasteiger partial charge is 0.254 e. The molecule has 2 heterocycles. The lowest BCUT2D eigenvalue weighted by Gasteiger charge is -2.21. The number of fused-ring (bicyclic) bond motifs is 1. The minimum atomic E-state index is -0.0144. The summed E-state index contributed by atoms with van der Waals surface area (Å²) in [4.78, 5) is 21.5. The predicted octanol–water partition coefficient (Wildman–Crippen LogP) is 3.82. The molecular weight excluding hydrogens is 386 g/mol. The Balaban J connectivity index is 1.52. The summed E-state index contributed by atoms with van der Waals surface area (Å²) < 4.78 is 11.3. The van der Waals surface area contributed by atoms with Crippen molar-refractivity contribution >= 4 is 22.9 Å². The lowest BCUT2D eigenvalue weighted by atomic mass is 10.1. The van der Waals surface area contributed by atoms with Crippen molar-refractivity contribution in [3.8, 4) is 11.5 Å². The molecule has 4 rings (SSSR count). The standard InChI is InChI=1S/C22H23N3O3S/c1-24-9-10-25(12-17-5-3-4-6-19(17)24)22(26)16-7-8-20(21(11-16)27-2)28-13-18-14-29-15-23-18/h3-8,11,14-15H,9-10,12-13H2,1-2H3. The highest BCUT2D eigenvalue weighted by molar-refractivity contribution is 7.07. The minimum absolute atomic E-state index is 0.0144. The van der Waals surface area contributed by atoms with Gasteiger partial charge in [0.2, 0.25) is 0 Å². The van der Waals surface area contributed by atoms with Gasteiger partial charge in [0.25, 0.3) is 5.91 Å². The molecule has 0 N–H and O–H groups in total. The van der Waals surface area contributed by atoms with Gasteiger partial charge in [0, 0.05) is 43.3 Å². The normalized spacial score (nSPS) is 13.6. The van der Waals surface area contributed by atoms with Gasteiger partial charge in [-0.1, -0.05) is 18.2 Å². The zero-order chi connectivity index (χ0) is 20.2. The van der Waals surface area contributed by atoms with Crippen LogP contribution in [0.2, 0.25) is 0 Å². The molecule has 2 aromatic carbocycles. The van der Waals surface area contributed by atoms with E-state index in [0.29, 0.717) is 36.8 Å². The topological polar surface area (TPSA) is 54.9 Å². The Bertz CT molecular complexity index is 991. The van der Waals surface area contributed by atoms with E-state index in [1.807, 2.05) is 22.4 Å². The van der Waals surface area contributed by atoms with Crippen LogP contribution >= 0.6 is 11.3 Å². The van der Waals surface area contributed by atoms with Crippen LogP contribution in [0.15, 0.2) is 53.4 Å². The van der Waals surface area contributed by atoms with Crippen LogP contribution in [0.1, 0.15) is 21.6 Å². The number of amides is 1. The molecule has 150 valence electrons. The molecule has 6 nitrogen and oxygen atoms in total. The fourth-order valence-electron chi connectivity index (χ4n) is 3.43. The van der Waals surface area contributed by atoms with Crippen LogP contribution in [-0.2, 0) is 13.2 Å². The number of thiazole rings is 1. The van der Waals surface area contributed by atoms with Crippen LogP contribution in [-0.4, -0.2) is 43.0 Å². The van der Waals surface area contributed by atoms with Gasteiger partial charge in [0.15, 0.2) is 11.5 Å². The van der Waals surface area contributed by atoms with Gasteiger partial charge in [-0.05, 0) is 29.8 Å². The summed E-state index contributed by atoms with van der Waals surface area (Å²) in [5, 5.41) is 1.94. The quantitative estimate of drug-likeness (QED) is 0.641. The van der Waals surface area contributed by atoms with E-state index in [1.54, 1.807) is 30.8 Å². The molecule has 1 aliphatic heterocycles. The number of ether oxygens (including phenoxy) is 2. The molecule has 1 aromatic heterocycles. The molecule has 7 heteroatoms. The molecule has 0 atom stereocenters. The monoisotopic (exact) mass is 409 g/mol. The van der Waals surface area contributed by atoms with Gasteiger partial charge < -0.3 is 19.3 Å². The number of benzene rings is 2. The Morgan fingerprint density at radius 1 is 1.17 bits per heavy atom. The number of para-hydroxylation sites is 1. The number of carbonyl (C=O) groups excluding carboxylic acids is 1. The second kappa shape index (κ2) is 8.53. The van der Waals surface area contributed by atoms with Crippen LogP contribution in [0.25, 0.3) is 0 Å². The molecule has 0 unspecified atom stereocenters. The Morgan fingerprint density at radius 3 is 2.83 bits per heavy atom.